The van der Waals surface area contributed by atoms with Crippen LogP contribution in [0.2, 0.25) is 0 Å². The average Bonchev–Trinajstić information content (AvgIpc) is 3.47. The Balaban J connectivity index is 1.34. The minimum absolute atomic E-state index is 0.448. The molecular weight excluding hydrogens is 546 g/mol. The number of rotatable bonds is 4. The van der Waals surface area contributed by atoms with Gasteiger partial charge in [-0.2, -0.15) is 0 Å². The van der Waals surface area contributed by atoms with Gasteiger partial charge in [-0.05, 0) is 98.5 Å². The molecule has 0 saturated heterocycles. The van der Waals surface area contributed by atoms with E-state index in [1.54, 1.807) is 6.07 Å². The van der Waals surface area contributed by atoms with Crippen molar-refractivity contribution in [1.29, 1.82) is 0 Å². The van der Waals surface area contributed by atoms with Crippen LogP contribution in [0.3, 0.4) is 0 Å². The zero-order chi connectivity index (χ0) is 29.3. The van der Waals surface area contributed by atoms with Crippen molar-refractivity contribution >= 4 is 11.4 Å². The monoisotopic (exact) mass is 569 g/mol. The largest absolute Gasteiger partial charge is 0.355 e. The maximum Gasteiger partial charge on any atom is 0.160 e. The van der Waals surface area contributed by atoms with Gasteiger partial charge >= 0.3 is 0 Å². The van der Waals surface area contributed by atoms with Gasteiger partial charge in [0.05, 0.1) is 5.41 Å². The highest BCUT2D eigenvalue weighted by atomic mass is 19.2. The summed E-state index contributed by atoms with van der Waals surface area (Å²) in [5, 5.41) is 3.26. The van der Waals surface area contributed by atoms with Crippen molar-refractivity contribution in [2.24, 2.45) is 0 Å². The molecule has 0 bridgehead atoms. The second kappa shape index (κ2) is 9.43. The fourth-order valence-corrected chi connectivity index (χ4v) is 7.00. The van der Waals surface area contributed by atoms with Gasteiger partial charge in [0, 0.05) is 17.4 Å². The first-order valence-corrected chi connectivity index (χ1v) is 14.1. The molecule has 1 unspecified atom stereocenters. The Bertz CT molecular complexity index is 1950. The van der Waals surface area contributed by atoms with Crippen LogP contribution in [-0.2, 0) is 11.8 Å². The van der Waals surface area contributed by atoms with Crippen LogP contribution in [0.25, 0.3) is 22.3 Å². The lowest BCUT2D eigenvalue weighted by atomic mass is 9.70. The van der Waals surface area contributed by atoms with E-state index in [-0.39, 0.29) is 0 Å². The fourth-order valence-electron chi connectivity index (χ4n) is 7.00. The number of fused-ring (bicyclic) bond motifs is 10. The van der Waals surface area contributed by atoms with Crippen LogP contribution in [0, 0.1) is 23.3 Å². The molecule has 6 aromatic carbocycles. The lowest BCUT2D eigenvalue weighted by Crippen LogP contribution is -2.26. The van der Waals surface area contributed by atoms with Crippen LogP contribution in [0.1, 0.15) is 33.4 Å². The predicted octanol–water partition coefficient (Wildman–Crippen LogP) is 9.92. The molecule has 6 aromatic rings. The van der Waals surface area contributed by atoms with Gasteiger partial charge in [-0.25, -0.2) is 17.6 Å². The van der Waals surface area contributed by atoms with Crippen molar-refractivity contribution in [3.05, 3.63) is 178 Å². The molecule has 1 nitrogen and oxygen atoms in total. The molecule has 0 aromatic heterocycles. The van der Waals surface area contributed by atoms with Crippen LogP contribution in [-0.4, -0.2) is 0 Å². The lowest BCUT2D eigenvalue weighted by Gasteiger charge is -2.31. The van der Waals surface area contributed by atoms with Gasteiger partial charge < -0.3 is 5.32 Å². The van der Waals surface area contributed by atoms with E-state index in [1.807, 2.05) is 18.2 Å². The normalized spacial score (nSPS) is 15.6. The van der Waals surface area contributed by atoms with Gasteiger partial charge in [0.2, 0.25) is 0 Å². The third kappa shape index (κ3) is 3.77. The molecule has 208 valence electrons. The van der Waals surface area contributed by atoms with E-state index < -0.39 is 28.7 Å². The summed E-state index contributed by atoms with van der Waals surface area (Å²) >= 11 is 0. The second-order valence-electron chi connectivity index (χ2n) is 11.2. The maximum atomic E-state index is 14.1. The molecule has 0 aliphatic heterocycles. The minimum atomic E-state index is -0.915. The highest BCUT2D eigenvalue weighted by molar-refractivity contribution is 5.95. The molecule has 43 heavy (non-hydrogen) atoms. The second-order valence-corrected chi connectivity index (χ2v) is 11.2. The molecule has 0 radical (unpaired) electrons. The topological polar surface area (TPSA) is 12.0 Å². The summed E-state index contributed by atoms with van der Waals surface area (Å²) in [6, 6.07) is 37.1. The van der Waals surface area contributed by atoms with Gasteiger partial charge in [0.25, 0.3) is 0 Å². The summed E-state index contributed by atoms with van der Waals surface area (Å²) in [6.45, 7) is 0. The molecule has 0 amide bonds. The van der Waals surface area contributed by atoms with Crippen molar-refractivity contribution in [2.75, 3.05) is 5.32 Å². The quantitative estimate of drug-likeness (QED) is 0.208. The summed E-state index contributed by atoms with van der Waals surface area (Å²) in [4.78, 5) is 0. The molecule has 1 atom stereocenters. The Hall–Kier alpha value is -5.16. The summed E-state index contributed by atoms with van der Waals surface area (Å²) in [6.07, 6.45) is 0.448. The summed E-state index contributed by atoms with van der Waals surface area (Å²) < 4.78 is 55.4. The van der Waals surface area contributed by atoms with Gasteiger partial charge in [-0.3, -0.25) is 0 Å². The number of hydrogen-bond acceptors (Lipinski definition) is 1. The van der Waals surface area contributed by atoms with E-state index in [9.17, 15) is 17.6 Å². The maximum absolute atomic E-state index is 14.1. The Kier molecular flexibility index (Phi) is 5.60. The van der Waals surface area contributed by atoms with Crippen LogP contribution in [0.4, 0.5) is 28.9 Å². The number of halogens is 4. The van der Waals surface area contributed by atoms with Crippen LogP contribution < -0.4 is 5.32 Å². The van der Waals surface area contributed by atoms with Crippen molar-refractivity contribution in [1.82, 2.24) is 0 Å². The molecule has 0 fully saturated rings. The Labute approximate surface area is 246 Å². The van der Waals surface area contributed by atoms with Crippen LogP contribution >= 0.6 is 0 Å². The van der Waals surface area contributed by atoms with Gasteiger partial charge in [0.15, 0.2) is 23.3 Å². The minimum Gasteiger partial charge on any atom is -0.355 e. The number of anilines is 2. The molecule has 0 heterocycles. The summed E-state index contributed by atoms with van der Waals surface area (Å²) in [5.74, 6) is -3.53. The highest BCUT2D eigenvalue weighted by Crippen LogP contribution is 2.63. The smallest absolute Gasteiger partial charge is 0.160 e. The van der Waals surface area contributed by atoms with Gasteiger partial charge in [-0.15, -0.1) is 0 Å². The van der Waals surface area contributed by atoms with Crippen LogP contribution in [0.15, 0.2) is 121 Å². The molecule has 2 aliphatic carbocycles. The third-order valence-corrected chi connectivity index (χ3v) is 8.75. The first-order valence-electron chi connectivity index (χ1n) is 14.1. The predicted molar refractivity (Wildman–Crippen MR) is 162 cm³/mol. The Morgan fingerprint density at radius 2 is 0.907 bits per heavy atom. The fraction of sp³-hybridized carbons (Fsp3) is 0.0526. The molecular formula is C38H23F4N. The molecule has 8 rings (SSSR count). The van der Waals surface area contributed by atoms with Crippen LogP contribution in [0.5, 0.6) is 0 Å². The van der Waals surface area contributed by atoms with E-state index in [0.717, 1.165) is 67.9 Å². The SMILES string of the molecule is Fc1ccc(Cc2ccc3c(c2)C2(c4ccccc4-3)c3ccccc3-c3ccc(Nc4ccc(F)c(F)c4)cc32)cc1F. The van der Waals surface area contributed by atoms with E-state index in [0.29, 0.717) is 17.7 Å². The number of nitrogens with one attached hydrogen (secondary N) is 1. The van der Waals surface area contributed by atoms with Crippen molar-refractivity contribution in [3.63, 3.8) is 0 Å². The molecule has 5 heteroatoms. The Morgan fingerprint density at radius 1 is 0.419 bits per heavy atom. The molecule has 0 saturated carbocycles. The Morgan fingerprint density at radius 3 is 1.58 bits per heavy atom. The summed E-state index contributed by atoms with van der Waals surface area (Å²) in [5.41, 5.74) is 11.2. The van der Waals surface area contributed by atoms with Crippen molar-refractivity contribution < 1.29 is 17.6 Å². The standard InChI is InChI=1S/C38H23F4N/c39-34-15-10-23(19-36(34)41)17-22-9-13-28-26-5-1-3-7-30(26)38(32(28)18-22)31-8-4-2-6-27(31)29-14-11-24(20-33(29)38)43-25-12-16-35(40)37(42)21-25/h1-16,18-21,43H,17H2. The molecule has 1 N–H and O–H groups in total. The molecule has 2 aliphatic rings. The third-order valence-electron chi connectivity index (χ3n) is 8.75. The first kappa shape index (κ1) is 25.5. The van der Waals surface area contributed by atoms with Gasteiger partial charge in [-0.1, -0.05) is 78.9 Å². The van der Waals surface area contributed by atoms with E-state index in [4.69, 9.17) is 0 Å². The average molecular weight is 570 g/mol. The zero-order valence-corrected chi connectivity index (χ0v) is 22.8. The van der Waals surface area contributed by atoms with E-state index >= 15 is 0 Å². The summed E-state index contributed by atoms with van der Waals surface area (Å²) in [7, 11) is 0. The first-order chi connectivity index (χ1) is 20.9. The zero-order valence-electron chi connectivity index (χ0n) is 22.8. The number of hydrogen-bond donors (Lipinski definition) is 1. The number of benzene rings is 6. The van der Waals surface area contributed by atoms with Crippen molar-refractivity contribution in [3.8, 4) is 22.3 Å². The van der Waals surface area contributed by atoms with Gasteiger partial charge in [0.1, 0.15) is 0 Å². The van der Waals surface area contributed by atoms with E-state index in [2.05, 4.69) is 72.0 Å². The lowest BCUT2D eigenvalue weighted by molar-refractivity contribution is 0.507. The highest BCUT2D eigenvalue weighted by Gasteiger charge is 2.51. The van der Waals surface area contributed by atoms with E-state index in [1.165, 1.54) is 18.2 Å². The molecule has 1 spiro atoms. The van der Waals surface area contributed by atoms with Crippen molar-refractivity contribution in [2.45, 2.75) is 11.8 Å².